The lowest BCUT2D eigenvalue weighted by Crippen LogP contribution is -2.41. The molecule has 0 saturated carbocycles. The number of fused-ring (bicyclic) bond motifs is 1. The number of amides is 1. The molecule has 1 heterocycles. The number of hydrogen-bond acceptors (Lipinski definition) is 3. The molecule has 2 rings (SSSR count). The van der Waals surface area contributed by atoms with Crippen LogP contribution in [0.3, 0.4) is 0 Å². The minimum Gasteiger partial charge on any atom is -0.393 e. The van der Waals surface area contributed by atoms with E-state index < -0.39 is 0 Å². The fraction of sp³-hybridized carbons (Fsp3) is 0.286. The highest BCUT2D eigenvalue weighted by Gasteiger charge is 2.22. The first-order valence-electron chi connectivity index (χ1n) is 5.97. The van der Waals surface area contributed by atoms with Crippen molar-refractivity contribution in [3.05, 3.63) is 35.2 Å². The molecule has 1 amide bonds. The first-order valence-corrected chi connectivity index (χ1v) is 7.19. The van der Waals surface area contributed by atoms with Gasteiger partial charge in [0.2, 0.25) is 0 Å². The molecule has 100 valence electrons. The average Bonchev–Trinajstić information content (AvgIpc) is 2.79. The molecular formula is C14H16N2OS2. The van der Waals surface area contributed by atoms with Crippen molar-refractivity contribution >= 4 is 44.5 Å². The molecular weight excluding hydrogens is 276 g/mol. The van der Waals surface area contributed by atoms with Crippen LogP contribution in [0.5, 0.6) is 0 Å². The molecule has 0 radical (unpaired) electrons. The summed E-state index contributed by atoms with van der Waals surface area (Å²) in [4.78, 5) is 13.2. The monoisotopic (exact) mass is 292 g/mol. The van der Waals surface area contributed by atoms with E-state index in [0.717, 1.165) is 10.1 Å². The van der Waals surface area contributed by atoms with E-state index >= 15 is 0 Å². The predicted molar refractivity (Wildman–Crippen MR) is 84.7 cm³/mol. The number of thiophene rings is 1. The Balaban J connectivity index is 2.10. The molecule has 3 N–H and O–H groups in total. The van der Waals surface area contributed by atoms with Gasteiger partial charge in [0.05, 0.1) is 9.87 Å². The van der Waals surface area contributed by atoms with E-state index in [-0.39, 0.29) is 11.3 Å². The highest BCUT2D eigenvalue weighted by molar-refractivity contribution is 7.80. The Morgan fingerprint density at radius 1 is 1.42 bits per heavy atom. The fourth-order valence-corrected chi connectivity index (χ4v) is 2.62. The SMILES string of the molecule is CC(C)(CNC(=O)c1cc2ccccc2s1)C(N)=S. The van der Waals surface area contributed by atoms with Gasteiger partial charge in [-0.3, -0.25) is 4.79 Å². The van der Waals surface area contributed by atoms with E-state index in [2.05, 4.69) is 5.32 Å². The zero-order chi connectivity index (χ0) is 14.0. The van der Waals surface area contributed by atoms with Crippen LogP contribution in [-0.2, 0) is 0 Å². The molecule has 0 atom stereocenters. The maximum Gasteiger partial charge on any atom is 0.261 e. The third-order valence-corrected chi connectivity index (χ3v) is 4.67. The van der Waals surface area contributed by atoms with Gasteiger partial charge in [-0.1, -0.05) is 44.3 Å². The van der Waals surface area contributed by atoms with Crippen molar-refractivity contribution in [2.75, 3.05) is 6.54 Å². The Bertz CT molecular complexity index is 598. The highest BCUT2D eigenvalue weighted by atomic mass is 32.1. The zero-order valence-electron chi connectivity index (χ0n) is 10.9. The summed E-state index contributed by atoms with van der Waals surface area (Å²) >= 11 is 6.47. The zero-order valence-corrected chi connectivity index (χ0v) is 12.5. The number of hydrogen-bond donors (Lipinski definition) is 2. The summed E-state index contributed by atoms with van der Waals surface area (Å²) in [6.07, 6.45) is 0. The molecule has 2 aromatic rings. The number of thiocarbonyl (C=S) groups is 1. The predicted octanol–water partition coefficient (Wildman–Crippen LogP) is 2.94. The Morgan fingerprint density at radius 2 is 2.11 bits per heavy atom. The van der Waals surface area contributed by atoms with Crippen molar-refractivity contribution in [1.29, 1.82) is 0 Å². The van der Waals surface area contributed by atoms with Crippen LogP contribution in [0.4, 0.5) is 0 Å². The maximum absolute atomic E-state index is 12.1. The van der Waals surface area contributed by atoms with E-state index in [1.54, 1.807) is 0 Å². The summed E-state index contributed by atoms with van der Waals surface area (Å²) in [5, 5.41) is 3.97. The number of nitrogens with one attached hydrogen (secondary N) is 1. The van der Waals surface area contributed by atoms with Crippen LogP contribution >= 0.6 is 23.6 Å². The molecule has 1 aromatic heterocycles. The summed E-state index contributed by atoms with van der Waals surface area (Å²) in [7, 11) is 0. The Labute approximate surface area is 121 Å². The summed E-state index contributed by atoms with van der Waals surface area (Å²) in [5.74, 6) is -0.0782. The third-order valence-electron chi connectivity index (χ3n) is 3.01. The van der Waals surface area contributed by atoms with Gasteiger partial charge in [0, 0.05) is 16.7 Å². The molecule has 19 heavy (non-hydrogen) atoms. The van der Waals surface area contributed by atoms with E-state index in [1.807, 2.05) is 44.2 Å². The molecule has 0 bridgehead atoms. The summed E-state index contributed by atoms with van der Waals surface area (Å²) in [6.45, 7) is 4.27. The summed E-state index contributed by atoms with van der Waals surface area (Å²) in [5.41, 5.74) is 5.27. The van der Waals surface area contributed by atoms with Crippen molar-refractivity contribution in [2.45, 2.75) is 13.8 Å². The van der Waals surface area contributed by atoms with Crippen molar-refractivity contribution in [3.63, 3.8) is 0 Å². The lowest BCUT2D eigenvalue weighted by molar-refractivity contribution is 0.0949. The number of benzene rings is 1. The number of carbonyl (C=O) groups is 1. The second-order valence-corrected chi connectivity index (χ2v) is 6.60. The molecule has 0 unspecified atom stereocenters. The molecule has 3 nitrogen and oxygen atoms in total. The van der Waals surface area contributed by atoms with Crippen LogP contribution in [0.15, 0.2) is 30.3 Å². The number of rotatable bonds is 4. The molecule has 0 saturated heterocycles. The Hall–Kier alpha value is -1.46. The van der Waals surface area contributed by atoms with Gasteiger partial charge in [-0.15, -0.1) is 11.3 Å². The van der Waals surface area contributed by atoms with Crippen molar-refractivity contribution in [3.8, 4) is 0 Å². The minimum atomic E-state index is -0.373. The van der Waals surface area contributed by atoms with Crippen molar-refractivity contribution in [1.82, 2.24) is 5.32 Å². The van der Waals surface area contributed by atoms with Crippen LogP contribution < -0.4 is 11.1 Å². The first kappa shape index (κ1) is 14.0. The van der Waals surface area contributed by atoms with Gasteiger partial charge < -0.3 is 11.1 Å². The van der Waals surface area contributed by atoms with Gasteiger partial charge in [-0.25, -0.2) is 0 Å². The largest absolute Gasteiger partial charge is 0.393 e. The van der Waals surface area contributed by atoms with Gasteiger partial charge in [0.25, 0.3) is 5.91 Å². The molecule has 0 spiro atoms. The maximum atomic E-state index is 12.1. The van der Waals surface area contributed by atoms with E-state index in [9.17, 15) is 4.79 Å². The van der Waals surface area contributed by atoms with E-state index in [0.29, 0.717) is 16.4 Å². The summed E-state index contributed by atoms with van der Waals surface area (Å²) < 4.78 is 1.11. The summed E-state index contributed by atoms with van der Waals surface area (Å²) in [6, 6.07) is 9.85. The number of nitrogens with two attached hydrogens (primary N) is 1. The van der Waals surface area contributed by atoms with Crippen LogP contribution in [0.1, 0.15) is 23.5 Å². The third kappa shape index (κ3) is 3.11. The Kier molecular flexibility index (Phi) is 3.87. The fourth-order valence-electron chi connectivity index (χ4n) is 1.57. The van der Waals surface area contributed by atoms with Crippen molar-refractivity contribution in [2.24, 2.45) is 11.1 Å². The quantitative estimate of drug-likeness (QED) is 0.852. The van der Waals surface area contributed by atoms with Crippen LogP contribution in [-0.4, -0.2) is 17.4 Å². The van der Waals surface area contributed by atoms with Crippen molar-refractivity contribution < 1.29 is 4.79 Å². The lowest BCUT2D eigenvalue weighted by Gasteiger charge is -2.23. The molecule has 0 aliphatic carbocycles. The molecule has 0 aliphatic rings. The van der Waals surface area contributed by atoms with Crippen LogP contribution in [0.25, 0.3) is 10.1 Å². The topological polar surface area (TPSA) is 55.1 Å². The minimum absolute atomic E-state index is 0.0782. The molecule has 0 fully saturated rings. The Morgan fingerprint density at radius 3 is 2.74 bits per heavy atom. The van der Waals surface area contributed by atoms with Gasteiger partial charge in [-0.2, -0.15) is 0 Å². The van der Waals surface area contributed by atoms with Crippen LogP contribution in [0.2, 0.25) is 0 Å². The molecule has 0 aliphatic heterocycles. The second kappa shape index (κ2) is 5.27. The smallest absolute Gasteiger partial charge is 0.261 e. The van der Waals surface area contributed by atoms with Crippen LogP contribution in [0, 0.1) is 5.41 Å². The van der Waals surface area contributed by atoms with E-state index in [1.165, 1.54) is 11.3 Å². The molecule has 1 aromatic carbocycles. The van der Waals surface area contributed by atoms with Gasteiger partial charge in [0.15, 0.2) is 0 Å². The lowest BCUT2D eigenvalue weighted by atomic mass is 9.93. The van der Waals surface area contributed by atoms with Gasteiger partial charge in [0.1, 0.15) is 0 Å². The normalized spacial score (nSPS) is 11.5. The number of carbonyl (C=O) groups excluding carboxylic acids is 1. The molecule has 5 heteroatoms. The second-order valence-electron chi connectivity index (χ2n) is 5.08. The standard InChI is InChI=1S/C14H16N2OS2/c1-14(2,13(15)18)8-16-12(17)11-7-9-5-3-4-6-10(9)19-11/h3-7H,8H2,1-2H3,(H2,15,18)(H,16,17). The van der Waals surface area contributed by atoms with Gasteiger partial charge in [-0.05, 0) is 17.5 Å². The first-order chi connectivity index (χ1) is 8.90. The average molecular weight is 292 g/mol. The van der Waals surface area contributed by atoms with Gasteiger partial charge >= 0.3 is 0 Å². The van der Waals surface area contributed by atoms with E-state index in [4.69, 9.17) is 18.0 Å². The highest BCUT2D eigenvalue weighted by Crippen LogP contribution is 2.25.